The van der Waals surface area contributed by atoms with Crippen molar-refractivity contribution < 1.29 is 4.42 Å². The third kappa shape index (κ3) is 3.00. The van der Waals surface area contributed by atoms with E-state index < -0.39 is 0 Å². The first-order chi connectivity index (χ1) is 8.58. The fourth-order valence-electron chi connectivity index (χ4n) is 1.93. The molecule has 18 heavy (non-hydrogen) atoms. The van der Waals surface area contributed by atoms with E-state index in [0.717, 1.165) is 16.1 Å². The molecule has 0 bridgehead atoms. The smallest absolute Gasteiger partial charge is 0.211 e. The van der Waals surface area contributed by atoms with Gasteiger partial charge < -0.3 is 4.42 Å². The van der Waals surface area contributed by atoms with Crippen molar-refractivity contribution in [3.63, 3.8) is 0 Å². The molecule has 0 amide bonds. The normalized spacial score (nSPS) is 14.4. The minimum absolute atomic E-state index is 0.0841. The number of hydrogen-bond donors (Lipinski definition) is 1. The molecule has 96 valence electrons. The maximum atomic E-state index is 5.53. The highest BCUT2D eigenvalue weighted by atomic mass is 79.9. The van der Waals surface area contributed by atoms with Gasteiger partial charge in [0.25, 0.3) is 0 Å². The SMILES string of the molecule is Cc1cnc(C(C)NC(C)c2ccccc2Br)o1. The lowest BCUT2D eigenvalue weighted by atomic mass is 10.1. The molecule has 0 aliphatic carbocycles. The van der Waals surface area contributed by atoms with Gasteiger partial charge >= 0.3 is 0 Å². The van der Waals surface area contributed by atoms with E-state index in [1.807, 2.05) is 25.1 Å². The van der Waals surface area contributed by atoms with Crippen molar-refractivity contribution in [2.45, 2.75) is 32.9 Å². The summed E-state index contributed by atoms with van der Waals surface area (Å²) in [6.45, 7) is 6.09. The summed E-state index contributed by atoms with van der Waals surface area (Å²) in [5.41, 5.74) is 1.23. The molecule has 1 N–H and O–H groups in total. The van der Waals surface area contributed by atoms with Gasteiger partial charge in [-0.1, -0.05) is 34.1 Å². The Morgan fingerprint density at radius 2 is 1.94 bits per heavy atom. The highest BCUT2D eigenvalue weighted by molar-refractivity contribution is 9.10. The van der Waals surface area contributed by atoms with E-state index >= 15 is 0 Å². The number of aromatic nitrogens is 1. The van der Waals surface area contributed by atoms with E-state index in [0.29, 0.717) is 0 Å². The number of oxazole rings is 1. The Morgan fingerprint density at radius 1 is 1.22 bits per heavy atom. The summed E-state index contributed by atoms with van der Waals surface area (Å²) in [6.07, 6.45) is 1.75. The van der Waals surface area contributed by atoms with Crippen LogP contribution in [0.1, 0.15) is 43.1 Å². The summed E-state index contributed by atoms with van der Waals surface area (Å²) in [5, 5.41) is 3.48. The maximum absolute atomic E-state index is 5.53. The molecule has 0 saturated carbocycles. The van der Waals surface area contributed by atoms with Crippen LogP contribution in [0.4, 0.5) is 0 Å². The van der Waals surface area contributed by atoms with E-state index in [1.54, 1.807) is 6.20 Å². The van der Waals surface area contributed by atoms with Gasteiger partial charge in [-0.25, -0.2) is 4.98 Å². The minimum Gasteiger partial charge on any atom is -0.444 e. The Kier molecular flexibility index (Phi) is 4.19. The Bertz CT molecular complexity index is 524. The van der Waals surface area contributed by atoms with Crippen molar-refractivity contribution in [1.82, 2.24) is 10.3 Å². The van der Waals surface area contributed by atoms with Crippen LogP contribution < -0.4 is 5.32 Å². The minimum atomic E-state index is 0.0841. The van der Waals surface area contributed by atoms with Crippen LogP contribution in [-0.2, 0) is 0 Å². The van der Waals surface area contributed by atoms with Crippen LogP contribution in [0.25, 0.3) is 0 Å². The molecule has 2 unspecified atom stereocenters. The predicted molar refractivity (Wildman–Crippen MR) is 75.3 cm³/mol. The molecule has 0 saturated heterocycles. The monoisotopic (exact) mass is 308 g/mol. The molecule has 4 heteroatoms. The first-order valence-corrected chi connectivity index (χ1v) is 6.80. The predicted octanol–water partition coefficient (Wildman–Crippen LogP) is 4.16. The fourth-order valence-corrected chi connectivity index (χ4v) is 2.56. The maximum Gasteiger partial charge on any atom is 0.211 e. The molecule has 2 atom stereocenters. The molecule has 3 nitrogen and oxygen atoms in total. The van der Waals surface area contributed by atoms with Gasteiger partial charge in [0.15, 0.2) is 0 Å². The van der Waals surface area contributed by atoms with Crippen LogP contribution in [0, 0.1) is 6.92 Å². The summed E-state index contributed by atoms with van der Waals surface area (Å²) >= 11 is 3.57. The average molecular weight is 309 g/mol. The van der Waals surface area contributed by atoms with Gasteiger partial charge in [-0.3, -0.25) is 5.32 Å². The van der Waals surface area contributed by atoms with Crippen LogP contribution >= 0.6 is 15.9 Å². The molecule has 1 aromatic carbocycles. The van der Waals surface area contributed by atoms with Crippen molar-refractivity contribution in [1.29, 1.82) is 0 Å². The van der Waals surface area contributed by atoms with Crippen LogP contribution in [0.15, 0.2) is 39.4 Å². The number of benzene rings is 1. The molecule has 0 fully saturated rings. The first kappa shape index (κ1) is 13.3. The number of aryl methyl sites for hydroxylation is 1. The second kappa shape index (κ2) is 5.67. The number of rotatable bonds is 4. The van der Waals surface area contributed by atoms with Crippen molar-refractivity contribution in [3.8, 4) is 0 Å². The van der Waals surface area contributed by atoms with Crippen LogP contribution in [0.2, 0.25) is 0 Å². The molecule has 1 aromatic heterocycles. The zero-order chi connectivity index (χ0) is 13.1. The molecule has 0 aliphatic rings. The third-order valence-electron chi connectivity index (χ3n) is 2.88. The van der Waals surface area contributed by atoms with Crippen molar-refractivity contribution >= 4 is 15.9 Å². The highest BCUT2D eigenvalue weighted by Crippen LogP contribution is 2.25. The van der Waals surface area contributed by atoms with E-state index in [1.165, 1.54) is 5.56 Å². The van der Waals surface area contributed by atoms with Crippen LogP contribution in [0.5, 0.6) is 0 Å². The summed E-state index contributed by atoms with van der Waals surface area (Å²) in [6, 6.07) is 8.52. The van der Waals surface area contributed by atoms with Gasteiger partial charge in [0, 0.05) is 10.5 Å². The van der Waals surface area contributed by atoms with Crippen LogP contribution in [-0.4, -0.2) is 4.98 Å². The van der Waals surface area contributed by atoms with Gasteiger partial charge in [-0.15, -0.1) is 0 Å². The number of halogens is 1. The molecule has 0 spiro atoms. The lowest BCUT2D eigenvalue weighted by Gasteiger charge is -2.19. The van der Waals surface area contributed by atoms with Gasteiger partial charge in [-0.2, -0.15) is 0 Å². The topological polar surface area (TPSA) is 38.1 Å². The van der Waals surface area contributed by atoms with Crippen molar-refractivity contribution in [3.05, 3.63) is 52.1 Å². The molecule has 1 heterocycles. The molecular formula is C14H17BrN2O. The largest absolute Gasteiger partial charge is 0.444 e. The summed E-state index contributed by atoms with van der Waals surface area (Å²) in [5.74, 6) is 1.57. The van der Waals surface area contributed by atoms with Crippen molar-refractivity contribution in [2.75, 3.05) is 0 Å². The quantitative estimate of drug-likeness (QED) is 0.921. The molecular weight excluding hydrogens is 292 g/mol. The Morgan fingerprint density at radius 3 is 2.56 bits per heavy atom. The molecule has 0 radical (unpaired) electrons. The summed E-state index contributed by atoms with van der Waals surface area (Å²) in [7, 11) is 0. The number of nitrogens with zero attached hydrogens (tertiary/aromatic N) is 1. The van der Waals surface area contributed by atoms with E-state index in [4.69, 9.17) is 4.42 Å². The Balaban J connectivity index is 2.08. The molecule has 2 aromatic rings. The number of hydrogen-bond acceptors (Lipinski definition) is 3. The molecule has 0 aliphatic heterocycles. The van der Waals surface area contributed by atoms with Gasteiger partial charge in [0.05, 0.1) is 12.2 Å². The fraction of sp³-hybridized carbons (Fsp3) is 0.357. The van der Waals surface area contributed by atoms with E-state index in [9.17, 15) is 0 Å². The number of nitrogens with one attached hydrogen (secondary N) is 1. The van der Waals surface area contributed by atoms with E-state index in [2.05, 4.69) is 46.1 Å². The van der Waals surface area contributed by atoms with Gasteiger partial charge in [0.2, 0.25) is 5.89 Å². The summed E-state index contributed by atoms with van der Waals surface area (Å²) in [4.78, 5) is 4.24. The standard InChI is InChI=1S/C14H17BrN2O/c1-9-8-16-14(18-9)11(3)17-10(2)12-6-4-5-7-13(12)15/h4-8,10-11,17H,1-3H3. The zero-order valence-corrected chi connectivity index (χ0v) is 12.4. The first-order valence-electron chi connectivity index (χ1n) is 6.00. The highest BCUT2D eigenvalue weighted by Gasteiger charge is 2.16. The Labute approximate surface area is 116 Å². The lowest BCUT2D eigenvalue weighted by Crippen LogP contribution is -2.23. The third-order valence-corrected chi connectivity index (χ3v) is 3.60. The Hall–Kier alpha value is -1.13. The molecule has 2 rings (SSSR count). The summed E-state index contributed by atoms with van der Waals surface area (Å²) < 4.78 is 6.64. The second-order valence-electron chi connectivity index (χ2n) is 4.44. The lowest BCUT2D eigenvalue weighted by molar-refractivity contribution is 0.380. The van der Waals surface area contributed by atoms with Crippen LogP contribution in [0.3, 0.4) is 0 Å². The van der Waals surface area contributed by atoms with Gasteiger partial charge in [-0.05, 0) is 32.4 Å². The van der Waals surface area contributed by atoms with Crippen molar-refractivity contribution in [2.24, 2.45) is 0 Å². The van der Waals surface area contributed by atoms with Gasteiger partial charge in [0.1, 0.15) is 5.76 Å². The average Bonchev–Trinajstić information content (AvgIpc) is 2.76. The van der Waals surface area contributed by atoms with E-state index in [-0.39, 0.29) is 12.1 Å². The second-order valence-corrected chi connectivity index (χ2v) is 5.30. The zero-order valence-electron chi connectivity index (χ0n) is 10.8.